The van der Waals surface area contributed by atoms with Crippen molar-refractivity contribution in [1.82, 2.24) is 0 Å². The standard InChI is InChI=1S/C16H25IO3/c1-16(12-17,19-3)11-15(20-13-18-2)10-9-14-7-5-4-6-8-14/h4-8,15H,9-13H2,1-3H3/t15-,16-/m1/s1. The van der Waals surface area contributed by atoms with Crippen molar-refractivity contribution in [2.24, 2.45) is 0 Å². The maximum atomic E-state index is 5.81. The highest BCUT2D eigenvalue weighted by Gasteiger charge is 2.27. The van der Waals surface area contributed by atoms with E-state index >= 15 is 0 Å². The molecule has 4 heteroatoms. The molecule has 0 aromatic heterocycles. The molecule has 1 rings (SSSR count). The Morgan fingerprint density at radius 1 is 1.20 bits per heavy atom. The average Bonchev–Trinajstić information content (AvgIpc) is 2.50. The van der Waals surface area contributed by atoms with E-state index in [1.54, 1.807) is 14.2 Å². The lowest BCUT2D eigenvalue weighted by molar-refractivity contribution is -0.102. The van der Waals surface area contributed by atoms with Gasteiger partial charge in [-0.2, -0.15) is 0 Å². The van der Waals surface area contributed by atoms with E-state index < -0.39 is 0 Å². The number of benzene rings is 1. The summed E-state index contributed by atoms with van der Waals surface area (Å²) in [5.74, 6) is 0. The molecular formula is C16H25IO3. The smallest absolute Gasteiger partial charge is 0.146 e. The molecule has 0 saturated carbocycles. The molecule has 1 aromatic carbocycles. The number of ether oxygens (including phenoxy) is 3. The van der Waals surface area contributed by atoms with Crippen LogP contribution < -0.4 is 0 Å². The topological polar surface area (TPSA) is 27.7 Å². The van der Waals surface area contributed by atoms with E-state index in [1.807, 2.05) is 6.07 Å². The van der Waals surface area contributed by atoms with E-state index in [4.69, 9.17) is 14.2 Å². The van der Waals surface area contributed by atoms with Gasteiger partial charge in [0.15, 0.2) is 0 Å². The number of hydrogen-bond donors (Lipinski definition) is 0. The summed E-state index contributed by atoms with van der Waals surface area (Å²) in [6.07, 6.45) is 3.01. The van der Waals surface area contributed by atoms with E-state index in [0.717, 1.165) is 23.7 Å². The van der Waals surface area contributed by atoms with Gasteiger partial charge >= 0.3 is 0 Å². The van der Waals surface area contributed by atoms with E-state index in [-0.39, 0.29) is 11.7 Å². The first kappa shape index (κ1) is 17.9. The van der Waals surface area contributed by atoms with Crippen molar-refractivity contribution < 1.29 is 14.2 Å². The number of halogens is 1. The Hall–Kier alpha value is -0.170. The minimum Gasteiger partial charge on any atom is -0.378 e. The van der Waals surface area contributed by atoms with Crippen LogP contribution in [0.25, 0.3) is 0 Å². The fourth-order valence-corrected chi connectivity index (χ4v) is 2.68. The van der Waals surface area contributed by atoms with Gasteiger partial charge in [0, 0.05) is 25.1 Å². The summed E-state index contributed by atoms with van der Waals surface area (Å²) < 4.78 is 17.4. The Bertz CT molecular complexity index is 352. The van der Waals surface area contributed by atoms with Gasteiger partial charge in [-0.05, 0) is 25.3 Å². The Labute approximate surface area is 136 Å². The molecule has 0 saturated heterocycles. The first-order chi connectivity index (χ1) is 9.63. The normalized spacial score (nSPS) is 15.8. The summed E-state index contributed by atoms with van der Waals surface area (Å²) in [4.78, 5) is 0. The largest absolute Gasteiger partial charge is 0.378 e. The molecule has 0 aliphatic rings. The van der Waals surface area contributed by atoms with E-state index in [2.05, 4.69) is 53.8 Å². The van der Waals surface area contributed by atoms with Crippen LogP contribution >= 0.6 is 22.6 Å². The third-order valence-electron chi connectivity index (χ3n) is 3.45. The zero-order valence-corrected chi connectivity index (χ0v) is 14.8. The highest BCUT2D eigenvalue weighted by atomic mass is 127. The van der Waals surface area contributed by atoms with Crippen LogP contribution in [0.5, 0.6) is 0 Å². The maximum Gasteiger partial charge on any atom is 0.146 e. The molecule has 114 valence electrons. The van der Waals surface area contributed by atoms with Gasteiger partial charge in [0.1, 0.15) is 6.79 Å². The van der Waals surface area contributed by atoms with Gasteiger partial charge in [-0.1, -0.05) is 52.9 Å². The van der Waals surface area contributed by atoms with Crippen molar-refractivity contribution in [2.75, 3.05) is 25.4 Å². The van der Waals surface area contributed by atoms with E-state index in [9.17, 15) is 0 Å². The Kier molecular flexibility index (Phi) is 8.68. The van der Waals surface area contributed by atoms with Crippen LogP contribution in [-0.2, 0) is 20.6 Å². The molecule has 0 radical (unpaired) electrons. The quantitative estimate of drug-likeness (QED) is 0.344. The number of alkyl halides is 1. The van der Waals surface area contributed by atoms with Crippen molar-refractivity contribution in [1.29, 1.82) is 0 Å². The molecule has 20 heavy (non-hydrogen) atoms. The average molecular weight is 392 g/mol. The lowest BCUT2D eigenvalue weighted by Gasteiger charge is -2.30. The first-order valence-corrected chi connectivity index (χ1v) is 8.41. The molecule has 0 aliphatic carbocycles. The Balaban J connectivity index is 2.55. The highest BCUT2D eigenvalue weighted by molar-refractivity contribution is 14.1. The van der Waals surface area contributed by atoms with E-state index in [1.165, 1.54) is 5.56 Å². The van der Waals surface area contributed by atoms with Gasteiger partial charge in [0.25, 0.3) is 0 Å². The summed E-state index contributed by atoms with van der Waals surface area (Å²) in [5.41, 5.74) is 1.20. The monoisotopic (exact) mass is 392 g/mol. The third-order valence-corrected chi connectivity index (χ3v) is 5.07. The molecule has 3 nitrogen and oxygen atoms in total. The van der Waals surface area contributed by atoms with E-state index in [0.29, 0.717) is 6.79 Å². The molecule has 0 spiro atoms. The second-order valence-corrected chi connectivity index (χ2v) is 5.97. The molecule has 0 aliphatic heterocycles. The summed E-state index contributed by atoms with van der Waals surface area (Å²) in [7, 11) is 3.42. The molecule has 0 N–H and O–H groups in total. The third kappa shape index (κ3) is 6.52. The number of rotatable bonds is 10. The number of hydrogen-bond acceptors (Lipinski definition) is 3. The maximum absolute atomic E-state index is 5.81. The van der Waals surface area contributed by atoms with Gasteiger partial charge in [-0.15, -0.1) is 0 Å². The molecule has 0 bridgehead atoms. The zero-order valence-electron chi connectivity index (χ0n) is 12.6. The number of aryl methyl sites for hydroxylation is 1. The molecule has 0 amide bonds. The van der Waals surface area contributed by atoms with Crippen LogP contribution in [0, 0.1) is 0 Å². The van der Waals surface area contributed by atoms with Crippen LogP contribution in [0.1, 0.15) is 25.3 Å². The highest BCUT2D eigenvalue weighted by Crippen LogP contribution is 2.24. The Morgan fingerprint density at radius 2 is 1.90 bits per heavy atom. The fourth-order valence-electron chi connectivity index (χ4n) is 2.05. The van der Waals surface area contributed by atoms with Gasteiger partial charge in [0.05, 0.1) is 11.7 Å². The second-order valence-electron chi connectivity index (χ2n) is 5.21. The zero-order chi connectivity index (χ0) is 14.8. The van der Waals surface area contributed by atoms with Crippen LogP contribution in [-0.4, -0.2) is 37.1 Å². The second kappa shape index (κ2) is 9.71. The minimum atomic E-state index is -0.143. The lowest BCUT2D eigenvalue weighted by Crippen LogP contribution is -2.35. The molecule has 0 fully saturated rings. The molecule has 1 aromatic rings. The molecule has 0 heterocycles. The summed E-state index contributed by atoms with van der Waals surface area (Å²) in [6, 6.07) is 10.5. The molecular weight excluding hydrogens is 367 g/mol. The van der Waals surface area contributed by atoms with Gasteiger partial charge in [0.2, 0.25) is 0 Å². The predicted octanol–water partition coefficient (Wildman–Crippen LogP) is 3.84. The summed E-state index contributed by atoms with van der Waals surface area (Å²) >= 11 is 2.37. The number of methoxy groups -OCH3 is 2. The Morgan fingerprint density at radius 3 is 2.45 bits per heavy atom. The molecule has 0 unspecified atom stereocenters. The fraction of sp³-hybridized carbons (Fsp3) is 0.625. The SMILES string of the molecule is COCO[C@H](CCc1ccccc1)C[C@](C)(CI)OC. The predicted molar refractivity (Wildman–Crippen MR) is 90.4 cm³/mol. The van der Waals surface area contributed by atoms with Gasteiger partial charge in [-0.25, -0.2) is 0 Å². The van der Waals surface area contributed by atoms with Crippen LogP contribution in [0.2, 0.25) is 0 Å². The summed E-state index contributed by atoms with van der Waals surface area (Å²) in [5, 5.41) is 0. The lowest BCUT2D eigenvalue weighted by atomic mass is 9.96. The van der Waals surface area contributed by atoms with Crippen LogP contribution in [0.3, 0.4) is 0 Å². The van der Waals surface area contributed by atoms with Crippen LogP contribution in [0.15, 0.2) is 30.3 Å². The van der Waals surface area contributed by atoms with Crippen molar-refractivity contribution >= 4 is 22.6 Å². The van der Waals surface area contributed by atoms with Crippen molar-refractivity contribution in [3.8, 4) is 0 Å². The van der Waals surface area contributed by atoms with Crippen molar-refractivity contribution in [2.45, 2.75) is 37.9 Å². The van der Waals surface area contributed by atoms with Gasteiger partial charge < -0.3 is 14.2 Å². The first-order valence-electron chi connectivity index (χ1n) is 6.89. The summed E-state index contributed by atoms with van der Waals surface area (Å²) in [6.45, 7) is 2.46. The van der Waals surface area contributed by atoms with Crippen molar-refractivity contribution in [3.63, 3.8) is 0 Å². The molecule has 2 atom stereocenters. The minimum absolute atomic E-state index is 0.143. The van der Waals surface area contributed by atoms with Crippen LogP contribution in [0.4, 0.5) is 0 Å². The van der Waals surface area contributed by atoms with Gasteiger partial charge in [-0.3, -0.25) is 0 Å². The van der Waals surface area contributed by atoms with Crippen molar-refractivity contribution in [3.05, 3.63) is 35.9 Å².